The number of likely N-dealkylation sites (tertiary alicyclic amines) is 1. The van der Waals surface area contributed by atoms with Crippen molar-refractivity contribution >= 4 is 130 Å². The molecule has 3 saturated heterocycles. The van der Waals surface area contributed by atoms with E-state index in [1.54, 1.807) is 44.2 Å². The minimum atomic E-state index is -2.16. The van der Waals surface area contributed by atoms with Crippen molar-refractivity contribution in [3.63, 3.8) is 0 Å². The molecule has 6 rings (SSSR count). The predicted molar refractivity (Wildman–Crippen MR) is 494 cm³/mol. The molecule has 0 radical (unpaired) electrons. The maximum absolute atomic E-state index is 14.9. The molecule has 3 aromatic rings. The van der Waals surface area contributed by atoms with E-state index in [1.165, 1.54) is 55.5 Å². The van der Waals surface area contributed by atoms with Gasteiger partial charge in [0.05, 0.1) is 86.7 Å². The first-order valence-corrected chi connectivity index (χ1v) is 47.1. The number of azide groups is 1. The van der Waals surface area contributed by atoms with Crippen molar-refractivity contribution in [2.75, 3.05) is 45.2 Å². The number of urea groups is 1. The monoisotopic (exact) mass is 1950 g/mol. The van der Waals surface area contributed by atoms with E-state index in [0.717, 1.165) is 31.9 Å². The molecule has 10 amide bonds. The Balaban J connectivity index is 0.00000110. The van der Waals surface area contributed by atoms with E-state index in [9.17, 15) is 147 Å². The lowest BCUT2D eigenvalue weighted by molar-refractivity contribution is -0.147. The molecule has 18 atom stereocenters. The fourth-order valence-electron chi connectivity index (χ4n) is 16.0. The van der Waals surface area contributed by atoms with Gasteiger partial charge in [-0.05, 0) is 130 Å². The maximum Gasteiger partial charge on any atom is 0.315 e. The van der Waals surface area contributed by atoms with Crippen LogP contribution in [-0.4, -0.2) is 286 Å². The van der Waals surface area contributed by atoms with E-state index in [1.807, 2.05) is 18.7 Å². The first-order chi connectivity index (χ1) is 65.5. The van der Waals surface area contributed by atoms with Crippen LogP contribution in [0.4, 0.5) is 4.79 Å². The van der Waals surface area contributed by atoms with Gasteiger partial charge in [0.2, 0.25) is 47.3 Å². The molecule has 0 aliphatic carbocycles. The lowest BCUT2D eigenvalue weighted by Gasteiger charge is -2.31. The zero-order valence-corrected chi connectivity index (χ0v) is 78.7. The van der Waals surface area contributed by atoms with Crippen LogP contribution in [0, 0.1) is 35.5 Å². The van der Waals surface area contributed by atoms with Gasteiger partial charge < -0.3 is 109 Å². The van der Waals surface area contributed by atoms with Gasteiger partial charge in [0.15, 0.2) is 28.9 Å². The molecule has 0 saturated carbocycles. The number of Topliss-reactive ketones (excluding diaryl/α,β-unsaturated/α-hetero) is 6. The molecule has 45 heteroatoms. The fourth-order valence-corrected chi connectivity index (χ4v) is 17.6. The molecule has 3 fully saturated rings. The molecule has 3 heterocycles. The molecule has 44 nitrogen and oxygen atoms in total. The third-order valence-electron chi connectivity index (χ3n) is 23.9. The number of fused-ring (bicyclic) bond motifs is 1. The molecule has 3 aliphatic rings. The fraction of sp³-hybridized carbons (Fsp3) is 0.591. The number of unbranched alkanes of at least 4 members (excludes halogenated alkanes) is 1. The zero-order chi connectivity index (χ0) is 102. The number of carbonyl (C=O) groups is 20. The average molecular weight is 1960 g/mol. The number of aliphatic hydroxyl groups excluding tert-OH is 2. The second-order valence-corrected chi connectivity index (χ2v) is 36.0. The number of rotatable bonds is 65. The summed E-state index contributed by atoms with van der Waals surface area (Å²) in [5, 5.41) is 118. The van der Waals surface area contributed by atoms with Crippen LogP contribution < -0.4 is 53.6 Å². The van der Waals surface area contributed by atoms with Crippen molar-refractivity contribution in [2.45, 2.75) is 267 Å². The largest absolute Gasteiger partial charge is 0.508 e. The summed E-state index contributed by atoms with van der Waals surface area (Å²) >= 11 is 1.90. The maximum atomic E-state index is 14.9. The van der Waals surface area contributed by atoms with Crippen molar-refractivity contribution in [3.8, 4) is 11.5 Å². The quantitative estimate of drug-likeness (QED) is 0.0127. The Hall–Kier alpha value is -12.8. The molecule has 1 unspecified atom stereocenters. The number of benzene rings is 3. The number of nitrogens with zero attached hydrogens (tertiary/aromatic N) is 4. The zero-order valence-electron chi connectivity index (χ0n) is 77.9. The number of carbonyl (C=O) groups excluding carboxylic acids is 15. The summed E-state index contributed by atoms with van der Waals surface area (Å²) < 4.78 is 5.15. The number of amides is 10. The summed E-state index contributed by atoms with van der Waals surface area (Å²) in [5.74, 6) is -28.1. The van der Waals surface area contributed by atoms with Gasteiger partial charge in [-0.1, -0.05) is 93.3 Å². The SMILES string of the molecule is CCCNC(=O)[C@@H](CC(=O)[C@H](CO)NC(=O)[C@H](CC(=O)O)CC(=O)[C@H](CCC(=O)O)NC(=O)[C@@H](CC(=O)[C@@H](NC(=O)[C@@H]1CC(N=[N+]=[N-])CN1C(=O)[C@H](CC(=O)O)NC(=O)[C@@H](CC(=O)[C@H](CCC(=O)O)NC(=O)[C@H](CC(=O)O)CC(=O)[C@@H](N)Cc1ccccc1)Cc1ccc(O)cc1)[C@@H](C)O)[C@H](C)CC)Cc1ccc(O)cc1.CCOCCC(=O)CCCNC(=O)CCCC[C@@H]1SC[C@@H]2NC(=O)N[C@@H]21. The van der Waals surface area contributed by atoms with Gasteiger partial charge in [0.25, 0.3) is 0 Å². The summed E-state index contributed by atoms with van der Waals surface area (Å²) in [6.07, 6.45) is -7.44. The number of hydrogen-bond acceptors (Lipinski definition) is 28. The third-order valence-corrected chi connectivity index (χ3v) is 25.4. The van der Waals surface area contributed by atoms with Crippen LogP contribution >= 0.6 is 11.8 Å². The highest BCUT2D eigenvalue weighted by Gasteiger charge is 2.47. The van der Waals surface area contributed by atoms with E-state index >= 15 is 0 Å². The molecule has 138 heavy (non-hydrogen) atoms. The number of aromatic hydroxyl groups is 2. The van der Waals surface area contributed by atoms with Crippen LogP contribution in [0.2, 0.25) is 0 Å². The number of carboxylic acids is 5. The molecular formula is C93H130N14O30S. The molecule has 0 spiro atoms. The van der Waals surface area contributed by atoms with Gasteiger partial charge >= 0.3 is 35.9 Å². The number of aliphatic carboxylic acids is 5. The number of phenols is 2. The molecule has 0 bridgehead atoms. The standard InChI is InChI=1S/C75H99N11O26.C18H31N3O4S/c1-5-24-78-69(106)44(25-42-12-16-49(89)17-13-42)29-61(94)56(38-87)82-72(109)47(33-66(102)103)31-60(93)54(21-23-64(98)99)80-73(110)51(39(3)6-2)35-62(95)68(40(4)88)83-74(111)57-34-48(84-85-77)37-86(57)75(112)55(36-67(104)105)81-70(107)45(26-43-14-18-50(90)19-15-43)30-59(92)53(20-22-63(96)97)79-71(108)46(32-65(100)101)28-58(91)52(76)27-41-10-8-7-9-11-41;1-2-25-11-9-13(22)6-5-10-19-16(23)8-4-3-7-15-17-14(12-26-15)20-18(24)21-17/h7-19,39-40,44-48,51-57,68,87-90H,5-6,20-38,76H2,1-4H3,(H,78,106)(H,79,108)(H,80,110)(H,81,107)(H,82,109)(H,83,111)(H,96,97)(H,98,99)(H,100,101)(H,102,103)(H,104,105);14-15,17H,2-12H2,1H3,(H,19,23)(H2,20,21,24)/t39-,40-,44-,45-,46+,47+,48?,51+,52+,53+,54+,55+,56+,57+,68+;14-,15-,17-/m10/s1. The smallest absolute Gasteiger partial charge is 0.315 e. The summed E-state index contributed by atoms with van der Waals surface area (Å²) in [4.78, 5) is 269. The van der Waals surface area contributed by atoms with Crippen molar-refractivity contribution in [3.05, 3.63) is 106 Å². The number of ether oxygens (including phenoxy) is 1. The highest BCUT2D eigenvalue weighted by atomic mass is 32.2. The molecule has 20 N–H and O–H groups in total. The summed E-state index contributed by atoms with van der Waals surface area (Å²) in [6, 6.07) is 5.94. The number of phenolic OH excluding ortho intramolecular Hbond substituents is 2. The number of thioether (sulfide) groups is 1. The van der Waals surface area contributed by atoms with Gasteiger partial charge in [0, 0.05) is 124 Å². The summed E-state index contributed by atoms with van der Waals surface area (Å²) in [6.45, 7) is 8.05. The molecule has 3 aliphatic heterocycles. The van der Waals surface area contributed by atoms with Crippen LogP contribution in [0.25, 0.3) is 10.4 Å². The van der Waals surface area contributed by atoms with Crippen molar-refractivity contribution < 1.29 is 147 Å². The first kappa shape index (κ1) is 116. The van der Waals surface area contributed by atoms with E-state index in [0.29, 0.717) is 73.1 Å². The number of hydrogen-bond donors (Lipinski definition) is 19. The second-order valence-electron chi connectivity index (χ2n) is 34.7. The highest BCUT2D eigenvalue weighted by molar-refractivity contribution is 8.00. The Bertz CT molecular complexity index is 4730. The number of aliphatic hydroxyl groups is 2. The first-order valence-electron chi connectivity index (χ1n) is 46.0. The number of nitrogens with two attached hydrogens (primary N) is 1. The van der Waals surface area contributed by atoms with Gasteiger partial charge in [0.1, 0.15) is 41.4 Å². The number of ketones is 6. The van der Waals surface area contributed by atoms with Crippen LogP contribution in [0.3, 0.4) is 0 Å². The number of nitrogens with one attached hydrogen (secondary N) is 9. The van der Waals surface area contributed by atoms with Crippen LogP contribution in [0.1, 0.15) is 193 Å². The van der Waals surface area contributed by atoms with E-state index in [-0.39, 0.29) is 72.7 Å². The molecular weight excluding hydrogens is 1830 g/mol. The third kappa shape index (κ3) is 40.8. The molecule has 0 aromatic heterocycles. The predicted octanol–water partition coefficient (Wildman–Crippen LogP) is 2.74. The summed E-state index contributed by atoms with van der Waals surface area (Å²) in [5.41, 5.74) is 17.1. The van der Waals surface area contributed by atoms with Crippen molar-refractivity contribution in [1.82, 2.24) is 52.8 Å². The highest BCUT2D eigenvalue weighted by Crippen LogP contribution is 2.34. The normalized spacial score (nSPS) is 18.0. The minimum absolute atomic E-state index is 0.00584. The van der Waals surface area contributed by atoms with Crippen LogP contribution in [0.5, 0.6) is 11.5 Å². The van der Waals surface area contributed by atoms with E-state index in [4.69, 9.17) is 10.5 Å². The second kappa shape index (κ2) is 60.0. The van der Waals surface area contributed by atoms with Crippen molar-refractivity contribution in [1.29, 1.82) is 0 Å². The van der Waals surface area contributed by atoms with Gasteiger partial charge in [-0.3, -0.25) is 91.1 Å². The Morgan fingerprint density at radius 3 is 1.59 bits per heavy atom. The lowest BCUT2D eigenvalue weighted by atomic mass is 9.84. The number of carboxylic acid groups (broad SMARTS) is 5. The Morgan fingerprint density at radius 2 is 1.07 bits per heavy atom. The Morgan fingerprint density at radius 1 is 0.551 bits per heavy atom. The average Bonchev–Trinajstić information content (AvgIpc) is 1.65. The van der Waals surface area contributed by atoms with Crippen LogP contribution in [-0.2, 0) is 115 Å². The van der Waals surface area contributed by atoms with Crippen molar-refractivity contribution in [2.24, 2.45) is 46.4 Å². The Labute approximate surface area is 801 Å². The molecule has 3 aromatic carbocycles. The lowest BCUT2D eigenvalue weighted by Crippen LogP contribution is -2.58. The van der Waals surface area contributed by atoms with Gasteiger partial charge in [-0.2, -0.15) is 11.8 Å². The topological polar surface area (TPSA) is 719 Å². The summed E-state index contributed by atoms with van der Waals surface area (Å²) in [7, 11) is 0. The Kier molecular flexibility index (Phi) is 50.3. The molecule has 758 valence electrons. The van der Waals surface area contributed by atoms with Gasteiger partial charge in [-0.15, -0.1) is 0 Å². The van der Waals surface area contributed by atoms with Crippen LogP contribution in [0.15, 0.2) is 84.0 Å². The van der Waals surface area contributed by atoms with E-state index in [2.05, 4.69) is 57.9 Å². The van der Waals surface area contributed by atoms with Gasteiger partial charge in [-0.25, -0.2) is 4.79 Å². The van der Waals surface area contributed by atoms with E-state index < -0.39 is 293 Å². The minimum Gasteiger partial charge on any atom is -0.508 e.